The van der Waals surface area contributed by atoms with Gasteiger partial charge in [-0.25, -0.2) is 4.79 Å². The van der Waals surface area contributed by atoms with Crippen molar-refractivity contribution in [1.82, 2.24) is 0 Å². The van der Waals surface area contributed by atoms with Crippen molar-refractivity contribution in [3.05, 3.63) is 92.9 Å². The molecular formula is C25H22N2O6. The van der Waals surface area contributed by atoms with Gasteiger partial charge in [-0.3, -0.25) is 0 Å². The molecule has 4 rings (SSSR count). The zero-order valence-corrected chi connectivity index (χ0v) is 18.4. The van der Waals surface area contributed by atoms with Crippen LogP contribution in [0.1, 0.15) is 28.4 Å². The molecule has 0 amide bonds. The molecule has 0 bridgehead atoms. The predicted molar refractivity (Wildman–Crippen MR) is 119 cm³/mol. The third-order valence-electron chi connectivity index (χ3n) is 5.33. The molecule has 1 aliphatic rings. The fourth-order valence-electron chi connectivity index (χ4n) is 3.79. The second kappa shape index (κ2) is 9.01. The summed E-state index contributed by atoms with van der Waals surface area (Å²) in [7, 11) is 3.14. The Bertz CT molecular complexity index is 1340. The summed E-state index contributed by atoms with van der Waals surface area (Å²) in [5.41, 5.74) is 7.17. The highest BCUT2D eigenvalue weighted by molar-refractivity contribution is 5.56. The number of nitriles is 1. The van der Waals surface area contributed by atoms with E-state index in [1.165, 1.54) is 0 Å². The fourth-order valence-corrected chi connectivity index (χ4v) is 3.79. The fraction of sp³-hybridized carbons (Fsp3) is 0.200. The Morgan fingerprint density at radius 3 is 2.61 bits per heavy atom. The number of aryl methyl sites for hydroxylation is 1. The lowest BCUT2D eigenvalue weighted by atomic mass is 9.83. The average Bonchev–Trinajstić information content (AvgIpc) is 2.81. The van der Waals surface area contributed by atoms with Crippen molar-refractivity contribution in [1.29, 1.82) is 5.26 Å². The lowest BCUT2D eigenvalue weighted by Gasteiger charge is -2.25. The van der Waals surface area contributed by atoms with Crippen molar-refractivity contribution in [3.63, 3.8) is 0 Å². The monoisotopic (exact) mass is 446 g/mol. The van der Waals surface area contributed by atoms with Crippen molar-refractivity contribution < 1.29 is 23.4 Å². The van der Waals surface area contributed by atoms with Gasteiger partial charge in [0.1, 0.15) is 47.0 Å². The first-order chi connectivity index (χ1) is 15.9. The first kappa shape index (κ1) is 21.8. The van der Waals surface area contributed by atoms with Gasteiger partial charge in [-0.15, -0.1) is 0 Å². The maximum Gasteiger partial charge on any atom is 0.343 e. The van der Waals surface area contributed by atoms with Crippen molar-refractivity contribution >= 4 is 0 Å². The predicted octanol–water partition coefficient (Wildman–Crippen LogP) is 3.76. The highest BCUT2D eigenvalue weighted by Gasteiger charge is 2.34. The van der Waals surface area contributed by atoms with Crippen LogP contribution in [-0.4, -0.2) is 14.2 Å². The first-order valence-corrected chi connectivity index (χ1v) is 10.1. The van der Waals surface area contributed by atoms with Crippen LogP contribution in [0.2, 0.25) is 0 Å². The summed E-state index contributed by atoms with van der Waals surface area (Å²) in [4.78, 5) is 12.7. The number of fused-ring (bicyclic) bond motifs is 1. The minimum atomic E-state index is -0.753. The number of nitrogens with zero attached hydrogens (tertiary/aromatic N) is 1. The summed E-state index contributed by atoms with van der Waals surface area (Å²) < 4.78 is 27.5. The molecule has 0 saturated carbocycles. The zero-order valence-electron chi connectivity index (χ0n) is 18.4. The second-order valence-corrected chi connectivity index (χ2v) is 7.39. The van der Waals surface area contributed by atoms with Crippen LogP contribution in [0, 0.1) is 18.3 Å². The molecule has 1 unspecified atom stereocenters. The number of allylic oxidation sites excluding steroid dienone is 1. The number of benzene rings is 2. The van der Waals surface area contributed by atoms with Crippen LogP contribution in [0.15, 0.2) is 69.2 Å². The van der Waals surface area contributed by atoms with E-state index in [9.17, 15) is 10.1 Å². The summed E-state index contributed by atoms with van der Waals surface area (Å²) in [5.74, 6) is 1.75. The molecule has 33 heavy (non-hydrogen) atoms. The Balaban J connectivity index is 1.76. The molecule has 0 radical (unpaired) electrons. The largest absolute Gasteiger partial charge is 0.497 e. The number of rotatable bonds is 6. The van der Waals surface area contributed by atoms with Gasteiger partial charge >= 0.3 is 5.63 Å². The van der Waals surface area contributed by atoms with Crippen molar-refractivity contribution in [2.75, 3.05) is 14.2 Å². The van der Waals surface area contributed by atoms with Crippen LogP contribution >= 0.6 is 0 Å². The Kier molecular flexibility index (Phi) is 5.96. The van der Waals surface area contributed by atoms with Crippen LogP contribution in [0.25, 0.3) is 0 Å². The van der Waals surface area contributed by atoms with E-state index in [1.54, 1.807) is 45.4 Å². The van der Waals surface area contributed by atoms with E-state index in [0.717, 1.165) is 5.56 Å². The highest BCUT2D eigenvalue weighted by Crippen LogP contribution is 2.41. The van der Waals surface area contributed by atoms with Crippen molar-refractivity contribution in [2.24, 2.45) is 5.73 Å². The molecule has 0 spiro atoms. The topological polar surface area (TPSA) is 117 Å². The summed E-state index contributed by atoms with van der Waals surface area (Å²) in [6.07, 6.45) is 0. The first-order valence-electron chi connectivity index (χ1n) is 10.1. The molecule has 8 heteroatoms. The molecule has 0 saturated heterocycles. The Morgan fingerprint density at radius 1 is 1.09 bits per heavy atom. The molecule has 1 aliphatic heterocycles. The lowest BCUT2D eigenvalue weighted by molar-refractivity contribution is 0.294. The van der Waals surface area contributed by atoms with E-state index in [4.69, 9.17) is 29.1 Å². The molecule has 2 aromatic carbocycles. The smallest absolute Gasteiger partial charge is 0.343 e. The second-order valence-electron chi connectivity index (χ2n) is 7.39. The lowest BCUT2D eigenvalue weighted by Crippen LogP contribution is -2.26. The maximum atomic E-state index is 12.7. The normalized spacial score (nSPS) is 14.7. The molecule has 2 heterocycles. The molecule has 0 aliphatic carbocycles. The molecule has 168 valence electrons. The summed E-state index contributed by atoms with van der Waals surface area (Å²) in [6, 6.07) is 16.3. The maximum absolute atomic E-state index is 12.7. The summed E-state index contributed by atoms with van der Waals surface area (Å²) in [6.45, 7) is 1.82. The molecule has 1 aromatic heterocycles. The third-order valence-corrected chi connectivity index (χ3v) is 5.33. The Labute approximate surface area is 190 Å². The minimum absolute atomic E-state index is 0.0509. The number of hydrogen-bond acceptors (Lipinski definition) is 8. The van der Waals surface area contributed by atoms with Crippen LogP contribution < -0.4 is 30.3 Å². The van der Waals surface area contributed by atoms with Crippen LogP contribution in [0.5, 0.6) is 23.0 Å². The SMILES string of the molecule is COc1cccc(OCc2cc(C3C(C#N)=C(N)Oc4cc(C)oc(=O)c43)ccc2OC)c1. The average molecular weight is 446 g/mol. The third kappa shape index (κ3) is 4.21. The standard InChI is InChI=1S/C25H22N2O6/c1-14-9-21-23(25(28)32-14)22(19(12-26)24(27)33-21)15-7-8-20(30-3)16(10-15)13-31-18-6-4-5-17(11-18)29-2/h4-11,22H,13,27H2,1-3H3. The van der Waals surface area contributed by atoms with Gasteiger partial charge in [0.25, 0.3) is 0 Å². The number of ether oxygens (including phenoxy) is 4. The summed E-state index contributed by atoms with van der Waals surface area (Å²) in [5, 5.41) is 9.77. The Hall–Kier alpha value is -4.38. The molecule has 1 atom stereocenters. The molecule has 0 fully saturated rings. The molecule has 2 N–H and O–H groups in total. The zero-order chi connectivity index (χ0) is 23.5. The molecule has 3 aromatic rings. The van der Waals surface area contributed by atoms with Gasteiger partial charge in [-0.2, -0.15) is 5.26 Å². The Morgan fingerprint density at radius 2 is 1.88 bits per heavy atom. The molecular weight excluding hydrogens is 424 g/mol. The number of nitrogens with two attached hydrogens (primary N) is 1. The summed E-state index contributed by atoms with van der Waals surface area (Å²) >= 11 is 0. The van der Waals surface area contributed by atoms with E-state index < -0.39 is 11.5 Å². The van der Waals surface area contributed by atoms with Gasteiger partial charge in [-0.1, -0.05) is 12.1 Å². The number of methoxy groups -OCH3 is 2. The van der Waals surface area contributed by atoms with Crippen molar-refractivity contribution in [2.45, 2.75) is 19.4 Å². The van der Waals surface area contributed by atoms with Crippen LogP contribution in [0.4, 0.5) is 0 Å². The highest BCUT2D eigenvalue weighted by atomic mass is 16.5. The van der Waals surface area contributed by atoms with E-state index in [2.05, 4.69) is 6.07 Å². The van der Waals surface area contributed by atoms with Crippen LogP contribution in [-0.2, 0) is 6.61 Å². The van der Waals surface area contributed by atoms with E-state index in [-0.39, 0.29) is 29.4 Å². The van der Waals surface area contributed by atoms with E-state index in [1.807, 2.05) is 24.3 Å². The van der Waals surface area contributed by atoms with Gasteiger partial charge in [0, 0.05) is 17.7 Å². The van der Waals surface area contributed by atoms with Gasteiger partial charge in [0.15, 0.2) is 0 Å². The quantitative estimate of drug-likeness (QED) is 0.608. The van der Waals surface area contributed by atoms with E-state index in [0.29, 0.717) is 28.6 Å². The van der Waals surface area contributed by atoms with Crippen LogP contribution in [0.3, 0.4) is 0 Å². The van der Waals surface area contributed by atoms with Gasteiger partial charge in [0.05, 0.1) is 25.7 Å². The minimum Gasteiger partial charge on any atom is -0.497 e. The van der Waals surface area contributed by atoms with Crippen molar-refractivity contribution in [3.8, 4) is 29.1 Å². The van der Waals surface area contributed by atoms with Gasteiger partial charge in [0.2, 0.25) is 5.88 Å². The van der Waals surface area contributed by atoms with Gasteiger partial charge in [-0.05, 0) is 36.8 Å². The van der Waals surface area contributed by atoms with E-state index >= 15 is 0 Å². The number of hydrogen-bond donors (Lipinski definition) is 1. The van der Waals surface area contributed by atoms with Gasteiger partial charge < -0.3 is 29.1 Å². The molecule has 8 nitrogen and oxygen atoms in total.